The predicted molar refractivity (Wildman–Crippen MR) is 82.5 cm³/mol. The second-order valence-corrected chi connectivity index (χ2v) is 6.13. The van der Waals surface area contributed by atoms with Gasteiger partial charge in [0.25, 0.3) is 0 Å². The maximum absolute atomic E-state index is 12.2. The molecule has 0 aromatic heterocycles. The Morgan fingerprint density at radius 1 is 1.33 bits per heavy atom. The number of esters is 1. The zero-order chi connectivity index (χ0) is 15.3. The van der Waals surface area contributed by atoms with Gasteiger partial charge in [-0.25, -0.2) is 0 Å². The lowest BCUT2D eigenvalue weighted by Crippen LogP contribution is -2.43. The molecule has 0 amide bonds. The van der Waals surface area contributed by atoms with Crippen LogP contribution in [0.2, 0.25) is 0 Å². The third-order valence-corrected chi connectivity index (χ3v) is 4.18. The molecule has 116 valence electrons. The third kappa shape index (κ3) is 4.46. The first-order valence-corrected chi connectivity index (χ1v) is 7.57. The van der Waals surface area contributed by atoms with Crippen molar-refractivity contribution in [3.05, 3.63) is 29.8 Å². The van der Waals surface area contributed by atoms with Crippen LogP contribution in [0.3, 0.4) is 0 Å². The number of hydrogen-bond donors (Lipinski definition) is 1. The van der Waals surface area contributed by atoms with Crippen LogP contribution < -0.4 is 10.1 Å². The molecule has 2 rings (SSSR count). The number of carbonyl (C=O) groups excluding carboxylic acids is 1. The van der Waals surface area contributed by atoms with Crippen molar-refractivity contribution < 1.29 is 14.3 Å². The second-order valence-electron chi connectivity index (χ2n) is 6.13. The molecule has 0 atom stereocenters. The average molecular weight is 291 g/mol. The van der Waals surface area contributed by atoms with Gasteiger partial charge in [-0.1, -0.05) is 12.1 Å². The molecule has 0 bridgehead atoms. The van der Waals surface area contributed by atoms with Crippen molar-refractivity contribution in [1.29, 1.82) is 0 Å². The number of nitrogens with one attached hydrogen (secondary N) is 1. The number of carbonyl (C=O) groups is 1. The van der Waals surface area contributed by atoms with Gasteiger partial charge in [-0.2, -0.15) is 0 Å². The number of methoxy groups -OCH3 is 1. The summed E-state index contributed by atoms with van der Waals surface area (Å²) >= 11 is 0. The first kappa shape index (κ1) is 15.8. The lowest BCUT2D eigenvalue weighted by Gasteiger charge is -2.36. The Balaban J connectivity index is 1.93. The molecular weight excluding hydrogens is 266 g/mol. The maximum atomic E-state index is 12.2. The lowest BCUT2D eigenvalue weighted by molar-refractivity contribution is -0.161. The summed E-state index contributed by atoms with van der Waals surface area (Å²) in [7, 11) is 1.62. The zero-order valence-electron chi connectivity index (χ0n) is 13.1. The largest absolute Gasteiger partial charge is 0.497 e. The Morgan fingerprint density at radius 2 is 2.05 bits per heavy atom. The van der Waals surface area contributed by atoms with Crippen LogP contribution in [0, 0.1) is 5.92 Å². The van der Waals surface area contributed by atoms with Gasteiger partial charge in [0.05, 0.1) is 13.5 Å². The second kappa shape index (κ2) is 6.94. The molecule has 4 heteroatoms. The van der Waals surface area contributed by atoms with E-state index < -0.39 is 5.60 Å². The molecule has 1 saturated heterocycles. The highest BCUT2D eigenvalue weighted by Crippen LogP contribution is 2.29. The van der Waals surface area contributed by atoms with E-state index >= 15 is 0 Å². The predicted octanol–water partition coefficient (Wildman–Crippen LogP) is 2.56. The Hall–Kier alpha value is -1.55. The van der Waals surface area contributed by atoms with Crippen LogP contribution >= 0.6 is 0 Å². The molecule has 21 heavy (non-hydrogen) atoms. The van der Waals surface area contributed by atoms with E-state index in [-0.39, 0.29) is 12.4 Å². The van der Waals surface area contributed by atoms with E-state index in [1.54, 1.807) is 7.11 Å². The summed E-state index contributed by atoms with van der Waals surface area (Å²) < 4.78 is 10.9. The van der Waals surface area contributed by atoms with Crippen LogP contribution in [0.25, 0.3) is 0 Å². The van der Waals surface area contributed by atoms with Gasteiger partial charge in [0.1, 0.15) is 11.4 Å². The molecule has 0 unspecified atom stereocenters. The number of rotatable bonds is 5. The summed E-state index contributed by atoms with van der Waals surface area (Å²) in [5, 5.41) is 3.34. The van der Waals surface area contributed by atoms with Crippen LogP contribution in [0.4, 0.5) is 0 Å². The summed E-state index contributed by atoms with van der Waals surface area (Å²) in [4.78, 5) is 12.2. The Kier molecular flexibility index (Phi) is 5.23. The average Bonchev–Trinajstić information content (AvgIpc) is 2.47. The summed E-state index contributed by atoms with van der Waals surface area (Å²) in [6.45, 7) is 6.04. The minimum Gasteiger partial charge on any atom is -0.497 e. The van der Waals surface area contributed by atoms with Crippen molar-refractivity contribution in [2.45, 2.75) is 38.7 Å². The Bertz CT molecular complexity index is 479. The Morgan fingerprint density at radius 3 is 2.71 bits per heavy atom. The summed E-state index contributed by atoms with van der Waals surface area (Å²) in [6, 6.07) is 7.55. The first-order chi connectivity index (χ1) is 10.0. The molecular formula is C17H25NO3. The number of piperidine rings is 1. The summed E-state index contributed by atoms with van der Waals surface area (Å²) in [5.74, 6) is 1.01. The van der Waals surface area contributed by atoms with E-state index in [0.29, 0.717) is 5.92 Å². The molecule has 1 heterocycles. The summed E-state index contributed by atoms with van der Waals surface area (Å²) in [5.41, 5.74) is 0.512. The smallest absolute Gasteiger partial charge is 0.310 e. The fraction of sp³-hybridized carbons (Fsp3) is 0.588. The van der Waals surface area contributed by atoms with Gasteiger partial charge < -0.3 is 14.8 Å². The lowest BCUT2D eigenvalue weighted by atomic mass is 9.83. The molecule has 1 aromatic rings. The number of hydrogen-bond acceptors (Lipinski definition) is 4. The van der Waals surface area contributed by atoms with Crippen molar-refractivity contribution in [3.8, 4) is 5.75 Å². The van der Waals surface area contributed by atoms with Crippen molar-refractivity contribution in [2.24, 2.45) is 5.92 Å². The van der Waals surface area contributed by atoms with Gasteiger partial charge in [-0.05, 0) is 57.5 Å². The van der Waals surface area contributed by atoms with Crippen molar-refractivity contribution in [1.82, 2.24) is 5.32 Å². The van der Waals surface area contributed by atoms with Gasteiger partial charge in [-0.3, -0.25) is 4.79 Å². The molecule has 4 nitrogen and oxygen atoms in total. The molecule has 0 radical (unpaired) electrons. The molecule has 0 aliphatic carbocycles. The third-order valence-electron chi connectivity index (χ3n) is 4.18. The molecule has 1 fully saturated rings. The fourth-order valence-electron chi connectivity index (χ4n) is 2.88. The first-order valence-electron chi connectivity index (χ1n) is 7.57. The van der Waals surface area contributed by atoms with Crippen LogP contribution in [-0.2, 0) is 16.0 Å². The monoisotopic (exact) mass is 291 g/mol. The van der Waals surface area contributed by atoms with E-state index in [1.807, 2.05) is 38.1 Å². The molecule has 0 spiro atoms. The van der Waals surface area contributed by atoms with Crippen LogP contribution in [-0.4, -0.2) is 31.8 Å². The van der Waals surface area contributed by atoms with E-state index in [4.69, 9.17) is 9.47 Å². The molecule has 1 aliphatic rings. The standard InChI is InChI=1S/C17H25NO3/c1-17(2,14-7-9-18-10-8-14)21-16(19)12-13-5-4-6-15(11-13)20-3/h4-6,11,14,18H,7-10,12H2,1-3H3. The quantitative estimate of drug-likeness (QED) is 0.847. The SMILES string of the molecule is COc1cccc(CC(=O)OC(C)(C)C2CCNCC2)c1. The molecule has 1 aliphatic heterocycles. The zero-order valence-corrected chi connectivity index (χ0v) is 13.1. The van der Waals surface area contributed by atoms with E-state index in [9.17, 15) is 4.79 Å². The fourth-order valence-corrected chi connectivity index (χ4v) is 2.88. The highest BCUT2D eigenvalue weighted by atomic mass is 16.6. The van der Waals surface area contributed by atoms with Crippen molar-refractivity contribution in [2.75, 3.05) is 20.2 Å². The van der Waals surface area contributed by atoms with Gasteiger partial charge in [0.15, 0.2) is 0 Å². The highest BCUT2D eigenvalue weighted by Gasteiger charge is 2.33. The van der Waals surface area contributed by atoms with Crippen LogP contribution in [0.15, 0.2) is 24.3 Å². The van der Waals surface area contributed by atoms with E-state index in [0.717, 1.165) is 37.2 Å². The van der Waals surface area contributed by atoms with Gasteiger partial charge in [0, 0.05) is 5.92 Å². The summed E-state index contributed by atoms with van der Waals surface area (Å²) in [6.07, 6.45) is 2.39. The minimum atomic E-state index is -0.405. The molecule has 1 N–H and O–H groups in total. The van der Waals surface area contributed by atoms with Gasteiger partial charge in [-0.15, -0.1) is 0 Å². The van der Waals surface area contributed by atoms with Crippen LogP contribution in [0.5, 0.6) is 5.75 Å². The van der Waals surface area contributed by atoms with Crippen LogP contribution in [0.1, 0.15) is 32.3 Å². The molecule has 1 aromatic carbocycles. The number of benzene rings is 1. The normalized spacial score (nSPS) is 16.5. The van der Waals surface area contributed by atoms with Crippen molar-refractivity contribution in [3.63, 3.8) is 0 Å². The van der Waals surface area contributed by atoms with Gasteiger partial charge >= 0.3 is 5.97 Å². The molecule has 0 saturated carbocycles. The minimum absolute atomic E-state index is 0.174. The van der Waals surface area contributed by atoms with E-state index in [2.05, 4.69) is 5.32 Å². The van der Waals surface area contributed by atoms with Crippen molar-refractivity contribution >= 4 is 5.97 Å². The highest BCUT2D eigenvalue weighted by molar-refractivity contribution is 5.73. The topological polar surface area (TPSA) is 47.6 Å². The number of ether oxygens (including phenoxy) is 2. The Labute approximate surface area is 126 Å². The maximum Gasteiger partial charge on any atom is 0.310 e. The van der Waals surface area contributed by atoms with E-state index in [1.165, 1.54) is 0 Å². The van der Waals surface area contributed by atoms with Gasteiger partial charge in [0.2, 0.25) is 0 Å².